The number of likely N-dealkylation sites (N-methyl/N-ethyl adjacent to an activating group) is 1. The first-order valence-corrected chi connectivity index (χ1v) is 11.3. The van der Waals surface area contributed by atoms with E-state index in [1.807, 2.05) is 0 Å². The molecule has 1 aliphatic rings. The summed E-state index contributed by atoms with van der Waals surface area (Å²) in [4.78, 5) is 2.16. The Kier molecular flexibility index (Phi) is 12.1. The number of hydrogen-bond donors (Lipinski definition) is 1. The minimum Gasteiger partial charge on any atom is -0.379 e. The van der Waals surface area contributed by atoms with E-state index in [2.05, 4.69) is 18.7 Å². The molecule has 0 bridgehead atoms. The minimum atomic E-state index is -2.58. The summed E-state index contributed by atoms with van der Waals surface area (Å²) in [5.41, 5.74) is 0. The highest BCUT2D eigenvalue weighted by molar-refractivity contribution is 6.60. The Labute approximate surface area is 159 Å². The molecule has 1 N–H and O–H groups in total. The fraction of sp³-hybridized carbons (Fsp3) is 1.00. The van der Waals surface area contributed by atoms with Gasteiger partial charge in [-0.2, -0.15) is 0 Å². The van der Waals surface area contributed by atoms with Crippen LogP contribution in [0.15, 0.2) is 0 Å². The molecule has 0 aromatic rings. The Hall–Kier alpha value is -0.103. The molecule has 0 aromatic heterocycles. The van der Waals surface area contributed by atoms with Gasteiger partial charge in [0.1, 0.15) is 6.10 Å². The molecule has 26 heavy (non-hydrogen) atoms. The van der Waals surface area contributed by atoms with Gasteiger partial charge in [0.15, 0.2) is 6.29 Å². The van der Waals surface area contributed by atoms with Crippen LogP contribution in [0.1, 0.15) is 20.3 Å². The van der Waals surface area contributed by atoms with E-state index in [-0.39, 0.29) is 6.10 Å². The molecule has 1 fully saturated rings. The van der Waals surface area contributed by atoms with E-state index in [4.69, 9.17) is 27.5 Å². The molecule has 1 heterocycles. The summed E-state index contributed by atoms with van der Waals surface area (Å²) in [5, 5.41) is 10.1. The summed E-state index contributed by atoms with van der Waals surface area (Å²) in [6.07, 6.45) is 0.247. The van der Waals surface area contributed by atoms with Gasteiger partial charge in [-0.15, -0.1) is 0 Å². The van der Waals surface area contributed by atoms with Crippen molar-refractivity contribution in [2.75, 3.05) is 67.4 Å². The predicted octanol–water partition coefficient (Wildman–Crippen LogP) is 0.963. The quantitative estimate of drug-likeness (QED) is 0.169. The van der Waals surface area contributed by atoms with E-state index < -0.39 is 15.1 Å². The van der Waals surface area contributed by atoms with Gasteiger partial charge in [0.2, 0.25) is 0 Å². The second kappa shape index (κ2) is 13.1. The Bertz CT molecular complexity index is 348. The normalized spacial score (nSPS) is 19.7. The van der Waals surface area contributed by atoms with Gasteiger partial charge in [0, 0.05) is 47.1 Å². The smallest absolute Gasteiger partial charge is 0.379 e. The van der Waals surface area contributed by atoms with Crippen molar-refractivity contribution in [2.45, 2.75) is 38.7 Å². The number of epoxide rings is 1. The van der Waals surface area contributed by atoms with Crippen LogP contribution >= 0.6 is 0 Å². The van der Waals surface area contributed by atoms with Crippen LogP contribution in [0, 0.1) is 5.92 Å². The molecule has 3 unspecified atom stereocenters. The van der Waals surface area contributed by atoms with Crippen LogP contribution in [0.5, 0.6) is 0 Å². The van der Waals surface area contributed by atoms with Gasteiger partial charge in [-0.05, 0) is 18.9 Å². The summed E-state index contributed by atoms with van der Waals surface area (Å²) in [7, 11) is 2.30. The van der Waals surface area contributed by atoms with Crippen molar-refractivity contribution in [1.82, 2.24) is 4.90 Å². The summed E-state index contributed by atoms with van der Waals surface area (Å²) < 4.78 is 32.5. The van der Waals surface area contributed by atoms with Crippen LogP contribution in [0.2, 0.25) is 6.04 Å². The molecule has 0 aliphatic carbocycles. The Morgan fingerprint density at radius 3 is 2.35 bits per heavy atom. The lowest BCUT2D eigenvalue weighted by molar-refractivity contribution is -0.117. The van der Waals surface area contributed by atoms with Crippen LogP contribution in [0.25, 0.3) is 0 Å². The first kappa shape index (κ1) is 23.9. The number of rotatable bonds is 17. The monoisotopic (exact) mass is 395 g/mol. The summed E-state index contributed by atoms with van der Waals surface area (Å²) >= 11 is 0. The predicted molar refractivity (Wildman–Crippen MR) is 100 cm³/mol. The van der Waals surface area contributed by atoms with Gasteiger partial charge in [-0.3, -0.25) is 4.90 Å². The molecule has 3 atom stereocenters. The van der Waals surface area contributed by atoms with Crippen LogP contribution in [-0.4, -0.2) is 98.6 Å². The maximum absolute atomic E-state index is 10.1. The first-order valence-electron chi connectivity index (χ1n) is 9.35. The molecule has 1 rings (SSSR count). The highest BCUT2D eigenvalue weighted by Gasteiger charge is 2.39. The van der Waals surface area contributed by atoms with Gasteiger partial charge < -0.3 is 32.6 Å². The fourth-order valence-corrected chi connectivity index (χ4v) is 4.78. The van der Waals surface area contributed by atoms with Crippen LogP contribution in [-0.2, 0) is 27.5 Å². The standard InChI is InChI=1S/C17H37NO7Si/c1-6-18(10-15(2)14-26(20-3,21-4)22-5)11-17(19)24-9-7-8-23-12-16-13-25-16/h15-17,19H,6-14H2,1-5H3. The Balaban J connectivity index is 2.20. The third-order valence-electron chi connectivity index (χ3n) is 4.41. The van der Waals surface area contributed by atoms with E-state index in [1.54, 1.807) is 21.3 Å². The molecule has 0 radical (unpaired) electrons. The molecule has 1 aliphatic heterocycles. The SMILES string of the molecule is CCN(CC(C)C[Si](OC)(OC)OC)CC(O)OCCCOCC1CO1. The molecule has 1 saturated heterocycles. The number of hydrogen-bond acceptors (Lipinski definition) is 8. The van der Waals surface area contributed by atoms with Crippen LogP contribution < -0.4 is 0 Å². The second-order valence-electron chi connectivity index (χ2n) is 6.67. The van der Waals surface area contributed by atoms with E-state index >= 15 is 0 Å². The summed E-state index contributed by atoms with van der Waals surface area (Å²) in [5.74, 6) is 0.312. The van der Waals surface area contributed by atoms with E-state index in [0.29, 0.717) is 32.3 Å². The third kappa shape index (κ3) is 9.72. The maximum atomic E-state index is 10.1. The number of ether oxygens (including phenoxy) is 3. The van der Waals surface area contributed by atoms with Gasteiger partial charge >= 0.3 is 8.80 Å². The molecule has 8 nitrogen and oxygen atoms in total. The van der Waals surface area contributed by atoms with Gasteiger partial charge in [-0.1, -0.05) is 13.8 Å². The molecule has 0 saturated carbocycles. The van der Waals surface area contributed by atoms with Crippen molar-refractivity contribution in [1.29, 1.82) is 0 Å². The lowest BCUT2D eigenvalue weighted by Gasteiger charge is -2.30. The first-order chi connectivity index (χ1) is 12.5. The van der Waals surface area contributed by atoms with Crippen molar-refractivity contribution < 1.29 is 32.6 Å². The summed E-state index contributed by atoms with van der Waals surface area (Å²) in [6.45, 7) is 8.88. The zero-order valence-electron chi connectivity index (χ0n) is 16.9. The number of aliphatic hydroxyl groups excluding tert-OH is 1. The Morgan fingerprint density at radius 1 is 1.15 bits per heavy atom. The van der Waals surface area contributed by atoms with E-state index in [1.165, 1.54) is 0 Å². The van der Waals surface area contributed by atoms with Crippen molar-refractivity contribution in [2.24, 2.45) is 5.92 Å². The van der Waals surface area contributed by atoms with E-state index in [9.17, 15) is 5.11 Å². The van der Waals surface area contributed by atoms with Crippen LogP contribution in [0.4, 0.5) is 0 Å². The van der Waals surface area contributed by atoms with Gasteiger partial charge in [0.25, 0.3) is 0 Å². The molecule has 9 heteroatoms. The van der Waals surface area contributed by atoms with Crippen molar-refractivity contribution in [3.8, 4) is 0 Å². The third-order valence-corrected chi connectivity index (χ3v) is 7.48. The van der Waals surface area contributed by atoms with Gasteiger partial charge in [-0.25, -0.2) is 0 Å². The topological polar surface area (TPSA) is 82.2 Å². The zero-order chi connectivity index (χ0) is 19.4. The summed E-state index contributed by atoms with van der Waals surface area (Å²) in [6, 6.07) is 0.728. The van der Waals surface area contributed by atoms with E-state index in [0.717, 1.165) is 32.2 Å². The molecular formula is C17H37NO7Si. The molecule has 0 amide bonds. The lowest BCUT2D eigenvalue weighted by Crippen LogP contribution is -2.46. The number of nitrogens with zero attached hydrogens (tertiary/aromatic N) is 1. The minimum absolute atomic E-state index is 0.290. The van der Waals surface area contributed by atoms with Gasteiger partial charge in [0.05, 0.1) is 19.8 Å². The lowest BCUT2D eigenvalue weighted by atomic mass is 10.2. The van der Waals surface area contributed by atoms with Crippen molar-refractivity contribution in [3.05, 3.63) is 0 Å². The molecule has 0 aromatic carbocycles. The highest BCUT2D eigenvalue weighted by atomic mass is 28.4. The van der Waals surface area contributed by atoms with Crippen molar-refractivity contribution >= 4 is 8.80 Å². The second-order valence-corrected chi connectivity index (χ2v) is 9.67. The van der Waals surface area contributed by atoms with Crippen molar-refractivity contribution in [3.63, 3.8) is 0 Å². The Morgan fingerprint density at radius 2 is 1.81 bits per heavy atom. The molecule has 0 spiro atoms. The average molecular weight is 396 g/mol. The van der Waals surface area contributed by atoms with Crippen LogP contribution in [0.3, 0.4) is 0 Å². The zero-order valence-corrected chi connectivity index (χ0v) is 17.9. The molecule has 156 valence electrons. The largest absolute Gasteiger partial charge is 0.500 e. The number of aliphatic hydroxyl groups is 1. The molecular weight excluding hydrogens is 358 g/mol. The average Bonchev–Trinajstić information content (AvgIpc) is 3.46. The highest BCUT2D eigenvalue weighted by Crippen LogP contribution is 2.20. The maximum Gasteiger partial charge on any atom is 0.500 e. The fourth-order valence-electron chi connectivity index (χ4n) is 2.80.